The number of nitrogens with two attached hydrogens (primary N) is 1. The minimum Gasteiger partial charge on any atom is -0.335 e. The molecule has 0 radical (unpaired) electrons. The van der Waals surface area contributed by atoms with Crippen LogP contribution in [0.2, 0.25) is 0 Å². The summed E-state index contributed by atoms with van der Waals surface area (Å²) in [6, 6.07) is 3.69. The number of hydrogen-bond donors (Lipinski definition) is 1. The number of pyridine rings is 1. The molecule has 5 heteroatoms. The first-order valence-corrected chi connectivity index (χ1v) is 6.37. The Bertz CT molecular complexity index is 495. The molecule has 1 unspecified atom stereocenters. The number of imidazole rings is 1. The van der Waals surface area contributed by atoms with E-state index in [1.165, 1.54) is 0 Å². The summed E-state index contributed by atoms with van der Waals surface area (Å²) in [5.41, 5.74) is 7.04. The summed E-state index contributed by atoms with van der Waals surface area (Å²) in [6.07, 6.45) is 6.22. The Labute approximate surface area is 109 Å². The molecular weight excluding hydrogens is 280 g/mol. The fraction of sp³-hybridized carbons (Fsp3) is 0.333. The Morgan fingerprint density at radius 1 is 1.41 bits per heavy atom. The van der Waals surface area contributed by atoms with Crippen LogP contribution in [0.3, 0.4) is 0 Å². The number of aryl methyl sites for hydroxylation is 1. The van der Waals surface area contributed by atoms with Crippen molar-refractivity contribution in [1.82, 2.24) is 14.5 Å². The molecule has 2 N–H and O–H groups in total. The van der Waals surface area contributed by atoms with Crippen LogP contribution in [0, 0.1) is 0 Å². The van der Waals surface area contributed by atoms with Gasteiger partial charge in [0.25, 0.3) is 0 Å². The lowest BCUT2D eigenvalue weighted by Gasteiger charge is -2.13. The molecule has 0 aromatic carbocycles. The van der Waals surface area contributed by atoms with Gasteiger partial charge in [-0.2, -0.15) is 0 Å². The van der Waals surface area contributed by atoms with Crippen LogP contribution >= 0.6 is 15.9 Å². The Morgan fingerprint density at radius 2 is 2.24 bits per heavy atom. The third kappa shape index (κ3) is 2.73. The minimum atomic E-state index is -0.140. The summed E-state index contributed by atoms with van der Waals surface area (Å²) < 4.78 is 3.04. The maximum Gasteiger partial charge on any atom is 0.110 e. The summed E-state index contributed by atoms with van der Waals surface area (Å²) in [4.78, 5) is 8.63. The van der Waals surface area contributed by atoms with Gasteiger partial charge in [0, 0.05) is 36.0 Å². The van der Waals surface area contributed by atoms with E-state index in [0.29, 0.717) is 6.42 Å². The maximum absolute atomic E-state index is 6.16. The van der Waals surface area contributed by atoms with E-state index >= 15 is 0 Å². The second-order valence-corrected chi connectivity index (χ2v) is 4.66. The number of aromatic nitrogens is 3. The SMILES string of the molecule is CCn1ccnc1CC(N)c1ncccc1Br. The van der Waals surface area contributed by atoms with Crippen molar-refractivity contribution in [3.63, 3.8) is 0 Å². The predicted molar refractivity (Wildman–Crippen MR) is 70.5 cm³/mol. The normalized spacial score (nSPS) is 12.6. The smallest absolute Gasteiger partial charge is 0.110 e. The quantitative estimate of drug-likeness (QED) is 0.941. The molecule has 0 saturated heterocycles. The number of halogens is 1. The van der Waals surface area contributed by atoms with Crippen molar-refractivity contribution in [2.24, 2.45) is 5.73 Å². The molecule has 2 aromatic rings. The molecule has 0 spiro atoms. The molecule has 2 rings (SSSR count). The van der Waals surface area contributed by atoms with Crippen molar-refractivity contribution in [2.75, 3.05) is 0 Å². The van der Waals surface area contributed by atoms with Gasteiger partial charge in [-0.1, -0.05) is 0 Å². The van der Waals surface area contributed by atoms with Gasteiger partial charge in [0.05, 0.1) is 11.7 Å². The van der Waals surface area contributed by atoms with Gasteiger partial charge < -0.3 is 10.3 Å². The molecule has 4 nitrogen and oxygen atoms in total. The lowest BCUT2D eigenvalue weighted by Crippen LogP contribution is -2.18. The van der Waals surface area contributed by atoms with E-state index in [1.807, 2.05) is 18.3 Å². The number of rotatable bonds is 4. The predicted octanol–water partition coefficient (Wildman–Crippen LogP) is 2.30. The van der Waals surface area contributed by atoms with Crippen molar-refractivity contribution < 1.29 is 0 Å². The Morgan fingerprint density at radius 3 is 2.94 bits per heavy atom. The van der Waals surface area contributed by atoms with Gasteiger partial charge >= 0.3 is 0 Å². The highest BCUT2D eigenvalue weighted by Gasteiger charge is 2.14. The van der Waals surface area contributed by atoms with Crippen LogP contribution in [0.5, 0.6) is 0 Å². The second kappa shape index (κ2) is 5.42. The van der Waals surface area contributed by atoms with E-state index in [1.54, 1.807) is 12.4 Å². The van der Waals surface area contributed by atoms with Gasteiger partial charge in [-0.25, -0.2) is 4.98 Å². The van der Waals surface area contributed by atoms with Crippen molar-refractivity contribution in [2.45, 2.75) is 25.9 Å². The van der Waals surface area contributed by atoms with Crippen molar-refractivity contribution in [1.29, 1.82) is 0 Å². The Hall–Kier alpha value is -1.20. The van der Waals surface area contributed by atoms with Crippen LogP contribution in [0.15, 0.2) is 35.2 Å². The molecule has 0 saturated carbocycles. The molecule has 0 aliphatic carbocycles. The van der Waals surface area contributed by atoms with Crippen LogP contribution in [0.25, 0.3) is 0 Å². The monoisotopic (exact) mass is 294 g/mol. The van der Waals surface area contributed by atoms with Gasteiger partial charge in [0.1, 0.15) is 5.82 Å². The highest BCUT2D eigenvalue weighted by atomic mass is 79.9. The van der Waals surface area contributed by atoms with E-state index < -0.39 is 0 Å². The molecule has 0 fully saturated rings. The molecule has 2 aromatic heterocycles. The van der Waals surface area contributed by atoms with E-state index in [9.17, 15) is 0 Å². The zero-order chi connectivity index (χ0) is 12.3. The zero-order valence-corrected chi connectivity index (χ0v) is 11.3. The lowest BCUT2D eigenvalue weighted by atomic mass is 10.1. The molecule has 17 heavy (non-hydrogen) atoms. The minimum absolute atomic E-state index is 0.140. The zero-order valence-electron chi connectivity index (χ0n) is 9.68. The second-order valence-electron chi connectivity index (χ2n) is 3.81. The third-order valence-electron chi connectivity index (χ3n) is 2.68. The summed E-state index contributed by atoms with van der Waals surface area (Å²) in [5.74, 6) is 0.998. The van der Waals surface area contributed by atoms with Gasteiger partial charge in [-0.05, 0) is 35.0 Å². The van der Waals surface area contributed by atoms with Crippen molar-refractivity contribution >= 4 is 15.9 Å². The van der Waals surface area contributed by atoms with Gasteiger partial charge in [0.15, 0.2) is 0 Å². The fourth-order valence-electron chi connectivity index (χ4n) is 1.78. The summed E-state index contributed by atoms with van der Waals surface area (Å²) in [7, 11) is 0. The summed E-state index contributed by atoms with van der Waals surface area (Å²) >= 11 is 3.47. The van der Waals surface area contributed by atoms with Gasteiger partial charge in [0.2, 0.25) is 0 Å². The van der Waals surface area contributed by atoms with E-state index in [0.717, 1.165) is 22.5 Å². The third-order valence-corrected chi connectivity index (χ3v) is 3.35. The van der Waals surface area contributed by atoms with E-state index in [-0.39, 0.29) is 6.04 Å². The van der Waals surface area contributed by atoms with Gasteiger partial charge in [-0.15, -0.1) is 0 Å². The number of nitrogens with zero attached hydrogens (tertiary/aromatic N) is 3. The Kier molecular flexibility index (Phi) is 3.91. The highest BCUT2D eigenvalue weighted by molar-refractivity contribution is 9.10. The van der Waals surface area contributed by atoms with E-state index in [2.05, 4.69) is 37.4 Å². The molecule has 1 atom stereocenters. The summed E-state index contributed by atoms with van der Waals surface area (Å²) in [6.45, 7) is 3.00. The van der Waals surface area contributed by atoms with Crippen LogP contribution in [0.1, 0.15) is 24.5 Å². The molecule has 0 amide bonds. The standard InChI is InChI=1S/C12H15BrN4/c1-2-17-7-6-15-11(17)8-10(14)12-9(13)4-3-5-16-12/h3-7,10H,2,8,14H2,1H3. The van der Waals surface area contributed by atoms with Gasteiger partial charge in [-0.3, -0.25) is 4.98 Å². The van der Waals surface area contributed by atoms with E-state index in [4.69, 9.17) is 5.73 Å². The average Bonchev–Trinajstić information content (AvgIpc) is 2.76. The Balaban J connectivity index is 2.17. The molecule has 90 valence electrons. The summed E-state index contributed by atoms with van der Waals surface area (Å²) in [5, 5.41) is 0. The first-order valence-electron chi connectivity index (χ1n) is 5.58. The molecule has 0 bridgehead atoms. The lowest BCUT2D eigenvalue weighted by molar-refractivity contribution is 0.615. The average molecular weight is 295 g/mol. The van der Waals surface area contributed by atoms with Crippen LogP contribution in [0.4, 0.5) is 0 Å². The largest absolute Gasteiger partial charge is 0.335 e. The first-order chi connectivity index (χ1) is 8.22. The molecule has 0 aliphatic heterocycles. The van der Waals surface area contributed by atoms with Crippen molar-refractivity contribution in [3.05, 3.63) is 46.7 Å². The first kappa shape index (κ1) is 12.3. The fourth-order valence-corrected chi connectivity index (χ4v) is 2.33. The molecule has 2 heterocycles. The maximum atomic E-state index is 6.16. The molecular formula is C12H15BrN4. The highest BCUT2D eigenvalue weighted by Crippen LogP contribution is 2.21. The van der Waals surface area contributed by atoms with Crippen LogP contribution < -0.4 is 5.73 Å². The molecule has 0 aliphatic rings. The number of hydrogen-bond acceptors (Lipinski definition) is 3. The van der Waals surface area contributed by atoms with Crippen molar-refractivity contribution in [3.8, 4) is 0 Å². The van der Waals surface area contributed by atoms with Crippen LogP contribution in [-0.2, 0) is 13.0 Å². The topological polar surface area (TPSA) is 56.7 Å². The van der Waals surface area contributed by atoms with Crippen LogP contribution in [-0.4, -0.2) is 14.5 Å².